The van der Waals surface area contributed by atoms with E-state index in [1.165, 1.54) is 36.4 Å². The van der Waals surface area contributed by atoms with Gasteiger partial charge in [-0.05, 0) is 36.4 Å². The summed E-state index contributed by atoms with van der Waals surface area (Å²) in [5.41, 5.74) is -0.936. The lowest BCUT2D eigenvalue weighted by Crippen LogP contribution is -2.34. The van der Waals surface area contributed by atoms with Crippen LogP contribution in [0, 0.1) is 20.2 Å². The molecule has 15 heteroatoms. The summed E-state index contributed by atoms with van der Waals surface area (Å²) >= 11 is 12.2. The van der Waals surface area contributed by atoms with Crippen LogP contribution in [0.15, 0.2) is 84.9 Å². The van der Waals surface area contributed by atoms with Gasteiger partial charge in [-0.25, -0.2) is 0 Å². The van der Waals surface area contributed by atoms with Gasteiger partial charge in [-0.2, -0.15) is 0 Å². The molecule has 228 valence electrons. The van der Waals surface area contributed by atoms with Crippen LogP contribution in [-0.4, -0.2) is 46.3 Å². The predicted octanol–water partition coefficient (Wildman–Crippen LogP) is 5.44. The lowest BCUT2D eigenvalue weighted by molar-refractivity contribution is -0.385. The summed E-state index contributed by atoms with van der Waals surface area (Å²) in [5, 5.41) is 30.6. The highest BCUT2D eigenvalue weighted by Gasteiger charge is 2.22. The maximum Gasteiger partial charge on any atom is 0.272 e. The molecule has 0 unspecified atom stereocenters. The first-order valence-electron chi connectivity index (χ1n) is 12.9. The van der Waals surface area contributed by atoms with Crippen molar-refractivity contribution in [1.29, 1.82) is 0 Å². The standard InChI is InChI=1S/C30H21Cl2N5O8/c31-24-7-3-1-5-21(24)29(40)17-11-18(13-20(12-17)37(44)45)34-27(38)15-33-16-28(39)35-26-10-9-19(36(42)43)14-23(26)30(41)22-6-2-4-8-25(22)32/h1-14,33H,15-16H2,(H,34,38)(H,35,39). The highest BCUT2D eigenvalue weighted by molar-refractivity contribution is 6.35. The highest BCUT2D eigenvalue weighted by atomic mass is 35.5. The molecule has 0 aliphatic heterocycles. The number of nitro benzene ring substituents is 2. The van der Waals surface area contributed by atoms with Gasteiger partial charge in [-0.3, -0.25) is 44.7 Å². The topological polar surface area (TPSA) is 191 Å². The van der Waals surface area contributed by atoms with E-state index in [4.69, 9.17) is 23.2 Å². The number of hydrogen-bond donors (Lipinski definition) is 3. The molecule has 0 spiro atoms. The quantitative estimate of drug-likeness (QED) is 0.102. The van der Waals surface area contributed by atoms with Crippen LogP contribution >= 0.6 is 23.2 Å². The summed E-state index contributed by atoms with van der Waals surface area (Å²) in [6, 6.07) is 19.0. The molecule has 0 fully saturated rings. The molecule has 0 saturated carbocycles. The number of hydrogen-bond acceptors (Lipinski definition) is 9. The first-order valence-corrected chi connectivity index (χ1v) is 13.7. The minimum Gasteiger partial charge on any atom is -0.325 e. The van der Waals surface area contributed by atoms with Crippen LogP contribution in [-0.2, 0) is 9.59 Å². The molecule has 45 heavy (non-hydrogen) atoms. The third-order valence-electron chi connectivity index (χ3n) is 6.22. The minimum absolute atomic E-state index is 0.0194. The van der Waals surface area contributed by atoms with Crippen LogP contribution in [0.3, 0.4) is 0 Å². The molecule has 0 radical (unpaired) electrons. The summed E-state index contributed by atoms with van der Waals surface area (Å²) in [7, 11) is 0. The number of halogens is 2. The fourth-order valence-corrected chi connectivity index (χ4v) is 4.59. The molecule has 3 N–H and O–H groups in total. The summed E-state index contributed by atoms with van der Waals surface area (Å²) in [4.78, 5) is 72.7. The Morgan fingerprint density at radius 3 is 1.76 bits per heavy atom. The zero-order valence-corrected chi connectivity index (χ0v) is 24.4. The van der Waals surface area contributed by atoms with Gasteiger partial charge in [0.2, 0.25) is 11.8 Å². The summed E-state index contributed by atoms with van der Waals surface area (Å²) in [6.07, 6.45) is 0. The van der Waals surface area contributed by atoms with E-state index in [2.05, 4.69) is 16.0 Å². The van der Waals surface area contributed by atoms with Gasteiger partial charge >= 0.3 is 0 Å². The van der Waals surface area contributed by atoms with E-state index in [9.17, 15) is 39.4 Å². The average Bonchev–Trinajstić information content (AvgIpc) is 3.00. The van der Waals surface area contributed by atoms with Crippen molar-refractivity contribution in [3.05, 3.63) is 137 Å². The van der Waals surface area contributed by atoms with E-state index in [0.717, 1.165) is 24.3 Å². The number of carbonyl (C=O) groups is 4. The molecule has 4 rings (SSSR count). The Labute approximate surface area is 264 Å². The number of carbonyl (C=O) groups excluding carboxylic acids is 4. The van der Waals surface area contributed by atoms with E-state index in [1.54, 1.807) is 24.3 Å². The van der Waals surface area contributed by atoms with Gasteiger partial charge in [0.15, 0.2) is 11.6 Å². The molecule has 0 bridgehead atoms. The fourth-order valence-electron chi connectivity index (χ4n) is 4.14. The smallest absolute Gasteiger partial charge is 0.272 e. The fraction of sp³-hybridized carbons (Fsp3) is 0.0667. The van der Waals surface area contributed by atoms with Gasteiger partial charge in [0.1, 0.15) is 0 Å². The molecule has 0 saturated heterocycles. The number of nitro groups is 2. The average molecular weight is 650 g/mol. The maximum atomic E-state index is 13.2. The second kappa shape index (κ2) is 14.3. The Bertz CT molecular complexity index is 1860. The SMILES string of the molecule is O=C(CNCC(=O)Nc1ccc([N+](=O)[O-])cc1C(=O)c1ccccc1Cl)Nc1cc(C(=O)c2ccccc2Cl)cc([N+](=O)[O-])c1. The minimum atomic E-state index is -0.718. The second-order valence-electron chi connectivity index (χ2n) is 9.33. The Morgan fingerprint density at radius 1 is 0.622 bits per heavy atom. The van der Waals surface area contributed by atoms with Gasteiger partial charge in [-0.1, -0.05) is 47.5 Å². The van der Waals surface area contributed by atoms with Gasteiger partial charge in [-0.15, -0.1) is 0 Å². The lowest BCUT2D eigenvalue weighted by atomic mass is 10.0. The van der Waals surface area contributed by atoms with Crippen molar-refractivity contribution < 1.29 is 29.0 Å². The molecule has 4 aromatic carbocycles. The zero-order valence-electron chi connectivity index (χ0n) is 22.9. The van der Waals surface area contributed by atoms with Crippen LogP contribution in [0.2, 0.25) is 10.0 Å². The molecule has 4 aromatic rings. The molecule has 0 aliphatic carbocycles. The van der Waals surface area contributed by atoms with Crippen molar-refractivity contribution in [2.24, 2.45) is 0 Å². The highest BCUT2D eigenvalue weighted by Crippen LogP contribution is 2.28. The third-order valence-corrected chi connectivity index (χ3v) is 6.87. The van der Waals surface area contributed by atoms with Crippen molar-refractivity contribution in [2.75, 3.05) is 23.7 Å². The summed E-state index contributed by atoms with van der Waals surface area (Å²) < 4.78 is 0. The molecule has 2 amide bonds. The van der Waals surface area contributed by atoms with Crippen LogP contribution in [0.5, 0.6) is 0 Å². The number of non-ortho nitro benzene ring substituents is 2. The summed E-state index contributed by atoms with van der Waals surface area (Å²) in [5.74, 6) is -2.62. The van der Waals surface area contributed by atoms with Gasteiger partial charge in [0.05, 0.1) is 44.2 Å². The van der Waals surface area contributed by atoms with E-state index in [-0.39, 0.29) is 49.4 Å². The largest absolute Gasteiger partial charge is 0.325 e. The van der Waals surface area contributed by atoms with Crippen molar-refractivity contribution in [3.63, 3.8) is 0 Å². The van der Waals surface area contributed by atoms with Gasteiger partial charge < -0.3 is 10.6 Å². The van der Waals surface area contributed by atoms with E-state index in [0.29, 0.717) is 0 Å². The predicted molar refractivity (Wildman–Crippen MR) is 166 cm³/mol. The second-order valence-corrected chi connectivity index (χ2v) is 10.1. The van der Waals surface area contributed by atoms with Crippen LogP contribution in [0.25, 0.3) is 0 Å². The third kappa shape index (κ3) is 8.12. The molecule has 0 heterocycles. The molecule has 0 atom stereocenters. The molecular weight excluding hydrogens is 629 g/mol. The van der Waals surface area contributed by atoms with E-state index >= 15 is 0 Å². The summed E-state index contributed by atoms with van der Waals surface area (Å²) in [6.45, 7) is -0.842. The number of ketones is 2. The van der Waals surface area contributed by atoms with E-state index < -0.39 is 52.0 Å². The first-order chi connectivity index (χ1) is 21.4. The van der Waals surface area contributed by atoms with Crippen molar-refractivity contribution >= 4 is 69.3 Å². The normalized spacial score (nSPS) is 10.5. The number of benzene rings is 4. The Morgan fingerprint density at radius 2 is 1.18 bits per heavy atom. The Balaban J connectivity index is 1.42. The van der Waals surface area contributed by atoms with Crippen molar-refractivity contribution in [2.45, 2.75) is 0 Å². The molecular formula is C30H21Cl2N5O8. The number of nitrogens with zero attached hydrogens (tertiary/aromatic N) is 2. The number of amides is 2. The molecule has 0 aromatic heterocycles. The number of anilines is 2. The zero-order chi connectivity index (χ0) is 32.7. The Hall–Kier alpha value is -5.50. The van der Waals surface area contributed by atoms with Crippen LogP contribution < -0.4 is 16.0 Å². The number of rotatable bonds is 12. The van der Waals surface area contributed by atoms with Crippen molar-refractivity contribution in [3.8, 4) is 0 Å². The molecule has 0 aliphatic rings. The Kier molecular flexibility index (Phi) is 10.3. The van der Waals surface area contributed by atoms with Gasteiger partial charge in [0, 0.05) is 46.6 Å². The maximum absolute atomic E-state index is 13.2. The van der Waals surface area contributed by atoms with Crippen molar-refractivity contribution in [1.82, 2.24) is 5.32 Å². The lowest BCUT2D eigenvalue weighted by Gasteiger charge is -2.12. The molecule has 13 nitrogen and oxygen atoms in total. The van der Waals surface area contributed by atoms with Gasteiger partial charge in [0.25, 0.3) is 11.4 Å². The van der Waals surface area contributed by atoms with E-state index in [1.807, 2.05) is 0 Å². The van der Waals surface area contributed by atoms with Crippen LogP contribution in [0.4, 0.5) is 22.7 Å². The first kappa shape index (κ1) is 32.4. The van der Waals surface area contributed by atoms with Crippen LogP contribution in [0.1, 0.15) is 31.8 Å². The number of nitrogens with one attached hydrogen (secondary N) is 3. The monoisotopic (exact) mass is 649 g/mol.